The third-order valence-corrected chi connectivity index (χ3v) is 6.52. The monoisotopic (exact) mass is 493 g/mol. The van der Waals surface area contributed by atoms with Crippen LogP contribution in [0.1, 0.15) is 33.3 Å². The van der Waals surface area contributed by atoms with Gasteiger partial charge in [0.05, 0.1) is 17.0 Å². The van der Waals surface area contributed by atoms with E-state index in [-0.39, 0.29) is 17.1 Å². The van der Waals surface area contributed by atoms with Crippen molar-refractivity contribution in [3.8, 4) is 5.75 Å². The van der Waals surface area contributed by atoms with Crippen LogP contribution in [-0.4, -0.2) is 5.91 Å². The average molecular weight is 494 g/mol. The Morgan fingerprint density at radius 2 is 1.58 bits per heavy atom. The van der Waals surface area contributed by atoms with Crippen LogP contribution >= 0.6 is 11.6 Å². The fraction of sp³-hybridized carbons (Fsp3) is 0.0667. The molecule has 1 atom stereocenters. The zero-order chi connectivity index (χ0) is 24.6. The van der Waals surface area contributed by atoms with Gasteiger partial charge < -0.3 is 9.15 Å². The van der Waals surface area contributed by atoms with Crippen LogP contribution < -0.4 is 15.1 Å². The van der Waals surface area contributed by atoms with E-state index < -0.39 is 6.04 Å². The van der Waals surface area contributed by atoms with E-state index >= 15 is 0 Å². The summed E-state index contributed by atoms with van der Waals surface area (Å²) in [6.45, 7) is 0.401. The van der Waals surface area contributed by atoms with Crippen molar-refractivity contribution in [2.45, 2.75) is 12.6 Å². The zero-order valence-corrected chi connectivity index (χ0v) is 19.8. The lowest BCUT2D eigenvalue weighted by Gasteiger charge is -2.25. The smallest absolute Gasteiger partial charge is 0.295 e. The van der Waals surface area contributed by atoms with Crippen molar-refractivity contribution >= 4 is 34.2 Å². The molecule has 176 valence electrons. The largest absolute Gasteiger partial charge is 0.489 e. The standard InChI is InChI=1S/C30H20ClNO4/c31-21-14-15-25-24(17-21)28(33)26-27(32(30(34)29(26)36-25)22-11-5-2-6-12-22)20-10-7-13-23(16-20)35-18-19-8-3-1-4-9-19/h1-17,27H,18H2. The molecule has 1 amide bonds. The van der Waals surface area contributed by atoms with Crippen LogP contribution in [-0.2, 0) is 6.61 Å². The second-order valence-corrected chi connectivity index (χ2v) is 9.01. The van der Waals surface area contributed by atoms with Crippen molar-refractivity contribution in [3.63, 3.8) is 0 Å². The molecule has 0 bridgehead atoms. The Hall–Kier alpha value is -4.35. The van der Waals surface area contributed by atoms with Gasteiger partial charge >= 0.3 is 0 Å². The van der Waals surface area contributed by atoms with Crippen molar-refractivity contribution in [2.24, 2.45) is 0 Å². The summed E-state index contributed by atoms with van der Waals surface area (Å²) in [5.41, 5.74) is 2.78. The van der Waals surface area contributed by atoms with Crippen LogP contribution in [0.25, 0.3) is 11.0 Å². The Morgan fingerprint density at radius 1 is 0.833 bits per heavy atom. The summed E-state index contributed by atoms with van der Waals surface area (Å²) in [6.07, 6.45) is 0. The highest BCUT2D eigenvalue weighted by atomic mass is 35.5. The summed E-state index contributed by atoms with van der Waals surface area (Å²) >= 11 is 6.18. The highest BCUT2D eigenvalue weighted by Crippen LogP contribution is 2.42. The first-order valence-corrected chi connectivity index (χ1v) is 11.9. The number of carbonyl (C=O) groups excluding carboxylic acids is 1. The van der Waals surface area contributed by atoms with Gasteiger partial charge in [0, 0.05) is 10.7 Å². The van der Waals surface area contributed by atoms with Crippen LogP contribution in [0.15, 0.2) is 112 Å². The summed E-state index contributed by atoms with van der Waals surface area (Å²) in [5, 5.41) is 0.761. The summed E-state index contributed by atoms with van der Waals surface area (Å²) in [5.74, 6) is 0.309. The molecule has 0 saturated carbocycles. The molecule has 1 aromatic heterocycles. The Morgan fingerprint density at radius 3 is 2.36 bits per heavy atom. The summed E-state index contributed by atoms with van der Waals surface area (Å²) in [6, 6.07) is 30.8. The minimum Gasteiger partial charge on any atom is -0.489 e. The molecule has 5 aromatic rings. The number of halogens is 1. The average Bonchev–Trinajstić information content (AvgIpc) is 3.21. The second kappa shape index (κ2) is 9.02. The molecule has 0 N–H and O–H groups in total. The van der Waals surface area contributed by atoms with Gasteiger partial charge in [0.1, 0.15) is 17.9 Å². The Labute approximate surface area is 212 Å². The molecule has 36 heavy (non-hydrogen) atoms. The highest BCUT2D eigenvalue weighted by molar-refractivity contribution is 6.31. The van der Waals surface area contributed by atoms with Gasteiger partial charge in [-0.05, 0) is 53.6 Å². The highest BCUT2D eigenvalue weighted by Gasteiger charge is 2.43. The predicted octanol–water partition coefficient (Wildman–Crippen LogP) is 6.78. The van der Waals surface area contributed by atoms with E-state index in [0.717, 1.165) is 11.1 Å². The molecule has 0 fully saturated rings. The molecule has 1 aliphatic rings. The molecule has 0 saturated heterocycles. The fourth-order valence-electron chi connectivity index (χ4n) is 4.63. The van der Waals surface area contributed by atoms with Crippen molar-refractivity contribution in [3.05, 3.63) is 141 Å². The molecule has 0 radical (unpaired) electrons. The van der Waals surface area contributed by atoms with Gasteiger partial charge in [0.25, 0.3) is 5.91 Å². The molecule has 4 aromatic carbocycles. The maximum atomic E-state index is 13.7. The molecule has 1 aliphatic heterocycles. The van der Waals surface area contributed by atoms with E-state index in [1.165, 1.54) is 0 Å². The van der Waals surface area contributed by atoms with Crippen LogP contribution in [0.2, 0.25) is 5.02 Å². The summed E-state index contributed by atoms with van der Waals surface area (Å²) < 4.78 is 12.1. The van der Waals surface area contributed by atoms with E-state index in [1.807, 2.05) is 84.9 Å². The van der Waals surface area contributed by atoms with Crippen molar-refractivity contribution in [2.75, 3.05) is 4.90 Å². The van der Waals surface area contributed by atoms with E-state index in [1.54, 1.807) is 23.1 Å². The van der Waals surface area contributed by atoms with E-state index in [0.29, 0.717) is 39.6 Å². The van der Waals surface area contributed by atoms with Gasteiger partial charge in [-0.15, -0.1) is 0 Å². The van der Waals surface area contributed by atoms with Gasteiger partial charge in [-0.1, -0.05) is 72.3 Å². The fourth-order valence-corrected chi connectivity index (χ4v) is 4.80. The maximum Gasteiger partial charge on any atom is 0.295 e. The Kier molecular flexibility index (Phi) is 5.55. The number of benzene rings is 4. The molecular weight excluding hydrogens is 474 g/mol. The summed E-state index contributed by atoms with van der Waals surface area (Å²) in [7, 11) is 0. The molecule has 5 nitrogen and oxygen atoms in total. The minimum absolute atomic E-state index is 0.0410. The van der Waals surface area contributed by atoms with Gasteiger partial charge in [-0.3, -0.25) is 14.5 Å². The summed E-state index contributed by atoms with van der Waals surface area (Å²) in [4.78, 5) is 29.0. The van der Waals surface area contributed by atoms with Gasteiger partial charge in [0.15, 0.2) is 5.43 Å². The number of ether oxygens (including phenoxy) is 1. The van der Waals surface area contributed by atoms with Crippen molar-refractivity contribution < 1.29 is 13.9 Å². The number of hydrogen-bond acceptors (Lipinski definition) is 4. The minimum atomic E-state index is -0.685. The van der Waals surface area contributed by atoms with Crippen LogP contribution in [0.3, 0.4) is 0 Å². The first-order chi connectivity index (χ1) is 17.6. The van der Waals surface area contributed by atoms with Gasteiger partial charge in [-0.25, -0.2) is 0 Å². The Balaban J connectivity index is 1.49. The number of para-hydroxylation sites is 1. The third-order valence-electron chi connectivity index (χ3n) is 6.29. The first-order valence-electron chi connectivity index (χ1n) is 11.5. The predicted molar refractivity (Wildman–Crippen MR) is 140 cm³/mol. The van der Waals surface area contributed by atoms with Gasteiger partial charge in [-0.2, -0.15) is 0 Å². The van der Waals surface area contributed by atoms with Crippen LogP contribution in [0, 0.1) is 0 Å². The molecule has 0 aliphatic carbocycles. The second-order valence-electron chi connectivity index (χ2n) is 8.57. The molecule has 0 spiro atoms. The number of carbonyl (C=O) groups is 1. The quantitative estimate of drug-likeness (QED) is 0.271. The van der Waals surface area contributed by atoms with Crippen LogP contribution in [0.5, 0.6) is 5.75 Å². The van der Waals surface area contributed by atoms with E-state index in [4.69, 9.17) is 20.8 Å². The van der Waals surface area contributed by atoms with E-state index in [2.05, 4.69) is 0 Å². The molecule has 6 heteroatoms. The topological polar surface area (TPSA) is 59.8 Å². The SMILES string of the molecule is O=C1c2oc3ccc(Cl)cc3c(=O)c2C(c2cccc(OCc3ccccc3)c2)N1c1ccccc1. The van der Waals surface area contributed by atoms with E-state index in [9.17, 15) is 9.59 Å². The van der Waals surface area contributed by atoms with Crippen molar-refractivity contribution in [1.29, 1.82) is 0 Å². The number of anilines is 1. The first kappa shape index (κ1) is 22.1. The number of amides is 1. The third kappa shape index (κ3) is 3.84. The lowest BCUT2D eigenvalue weighted by molar-refractivity contribution is 0.0971. The lowest BCUT2D eigenvalue weighted by Crippen LogP contribution is -2.29. The number of hydrogen-bond donors (Lipinski definition) is 0. The van der Waals surface area contributed by atoms with Crippen LogP contribution in [0.4, 0.5) is 5.69 Å². The van der Waals surface area contributed by atoms with Crippen molar-refractivity contribution in [1.82, 2.24) is 0 Å². The normalized spacial score (nSPS) is 14.8. The lowest BCUT2D eigenvalue weighted by atomic mass is 9.98. The molecular formula is C30H20ClNO4. The zero-order valence-electron chi connectivity index (χ0n) is 19.1. The molecule has 1 unspecified atom stereocenters. The molecule has 6 rings (SSSR count). The number of fused-ring (bicyclic) bond motifs is 2. The van der Waals surface area contributed by atoms with Gasteiger partial charge in [0.2, 0.25) is 5.76 Å². The number of nitrogens with zero attached hydrogens (tertiary/aromatic N) is 1. The number of rotatable bonds is 5. The maximum absolute atomic E-state index is 13.7. The Bertz CT molecular complexity index is 1650. The molecule has 2 heterocycles.